The van der Waals surface area contributed by atoms with Crippen molar-refractivity contribution in [1.82, 2.24) is 0 Å². The first-order valence-electron chi connectivity index (χ1n) is 6.51. The van der Waals surface area contributed by atoms with Gasteiger partial charge in [0.2, 0.25) is 0 Å². The van der Waals surface area contributed by atoms with Crippen molar-refractivity contribution in [2.24, 2.45) is 0 Å². The molecule has 0 spiro atoms. The van der Waals surface area contributed by atoms with Gasteiger partial charge < -0.3 is 5.32 Å². The third kappa shape index (κ3) is 2.88. The first-order valence-corrected chi connectivity index (χ1v) is 7.26. The molecule has 0 aliphatic carbocycles. The molecular formula is C16H15Cl2N. The molecule has 1 aliphatic heterocycles. The molecule has 0 saturated carbocycles. The van der Waals surface area contributed by atoms with Gasteiger partial charge in [-0.3, -0.25) is 0 Å². The fraction of sp³-hybridized carbons (Fsp3) is 0.250. The third-order valence-corrected chi connectivity index (χ3v) is 4.22. The number of rotatable bonds is 2. The molecule has 0 bridgehead atoms. The van der Waals surface area contributed by atoms with Crippen LogP contribution in [0, 0.1) is 0 Å². The Kier molecular flexibility index (Phi) is 3.67. The van der Waals surface area contributed by atoms with Crippen LogP contribution in [0.15, 0.2) is 42.5 Å². The number of hydrogen-bond donors (Lipinski definition) is 1. The summed E-state index contributed by atoms with van der Waals surface area (Å²) in [6.45, 7) is 0. The molecule has 3 rings (SSSR count). The maximum Gasteiger partial charge on any atom is 0.0439 e. The molecule has 0 saturated heterocycles. The standard InChI is InChI=1S/C16H15Cl2N/c17-13-6-8-15(18)12(9-13)10-14-7-5-11-3-1-2-4-16(11)19-14/h1-4,6,8-9,14,19H,5,7,10H2. The average molecular weight is 292 g/mol. The largest absolute Gasteiger partial charge is 0.382 e. The molecule has 1 N–H and O–H groups in total. The maximum atomic E-state index is 6.23. The smallest absolute Gasteiger partial charge is 0.0439 e. The summed E-state index contributed by atoms with van der Waals surface area (Å²) in [7, 11) is 0. The summed E-state index contributed by atoms with van der Waals surface area (Å²) in [6, 6.07) is 14.6. The summed E-state index contributed by atoms with van der Waals surface area (Å²) < 4.78 is 0. The van der Waals surface area contributed by atoms with E-state index in [-0.39, 0.29) is 0 Å². The summed E-state index contributed by atoms with van der Waals surface area (Å²) in [5.74, 6) is 0. The lowest BCUT2D eigenvalue weighted by Gasteiger charge is -2.27. The molecule has 2 aromatic rings. The molecule has 0 fully saturated rings. The van der Waals surface area contributed by atoms with Crippen molar-refractivity contribution < 1.29 is 0 Å². The predicted octanol–water partition coefficient (Wildman–Crippen LogP) is 4.96. The van der Waals surface area contributed by atoms with Crippen molar-refractivity contribution in [1.29, 1.82) is 0 Å². The highest BCUT2D eigenvalue weighted by Gasteiger charge is 2.18. The lowest BCUT2D eigenvalue weighted by molar-refractivity contribution is 0.628. The minimum absolute atomic E-state index is 0.422. The lowest BCUT2D eigenvalue weighted by Crippen LogP contribution is -2.27. The molecule has 1 heterocycles. The fourth-order valence-electron chi connectivity index (χ4n) is 2.62. The average Bonchev–Trinajstić information content (AvgIpc) is 2.43. The quantitative estimate of drug-likeness (QED) is 0.824. The van der Waals surface area contributed by atoms with Crippen LogP contribution in [0.3, 0.4) is 0 Å². The Bertz CT molecular complexity index is 595. The van der Waals surface area contributed by atoms with Gasteiger partial charge in [0.1, 0.15) is 0 Å². The Morgan fingerprint density at radius 2 is 1.95 bits per heavy atom. The van der Waals surface area contributed by atoms with Crippen LogP contribution in [0.4, 0.5) is 5.69 Å². The van der Waals surface area contributed by atoms with Crippen LogP contribution in [0.25, 0.3) is 0 Å². The van der Waals surface area contributed by atoms with E-state index >= 15 is 0 Å². The summed E-state index contributed by atoms with van der Waals surface area (Å²) in [5.41, 5.74) is 3.76. The van der Waals surface area contributed by atoms with Crippen molar-refractivity contribution in [3.05, 3.63) is 63.6 Å². The van der Waals surface area contributed by atoms with E-state index in [9.17, 15) is 0 Å². The fourth-order valence-corrected chi connectivity index (χ4v) is 3.01. The number of fused-ring (bicyclic) bond motifs is 1. The predicted molar refractivity (Wildman–Crippen MR) is 82.3 cm³/mol. The molecule has 1 unspecified atom stereocenters. The molecule has 1 aliphatic rings. The monoisotopic (exact) mass is 291 g/mol. The van der Waals surface area contributed by atoms with Crippen molar-refractivity contribution in [3.63, 3.8) is 0 Å². The Morgan fingerprint density at radius 1 is 1.11 bits per heavy atom. The normalized spacial score (nSPS) is 17.7. The number of para-hydroxylation sites is 1. The molecule has 3 heteroatoms. The molecule has 0 amide bonds. The second kappa shape index (κ2) is 5.44. The molecule has 2 aromatic carbocycles. The van der Waals surface area contributed by atoms with E-state index in [0.717, 1.165) is 34.9 Å². The van der Waals surface area contributed by atoms with Crippen molar-refractivity contribution in [2.45, 2.75) is 25.3 Å². The zero-order valence-electron chi connectivity index (χ0n) is 10.5. The van der Waals surface area contributed by atoms with Gasteiger partial charge in [-0.1, -0.05) is 41.4 Å². The van der Waals surface area contributed by atoms with Crippen LogP contribution in [0.5, 0.6) is 0 Å². The van der Waals surface area contributed by atoms with Gasteiger partial charge in [0, 0.05) is 21.8 Å². The van der Waals surface area contributed by atoms with Gasteiger partial charge in [0.05, 0.1) is 0 Å². The molecular weight excluding hydrogens is 277 g/mol. The van der Waals surface area contributed by atoms with Crippen molar-refractivity contribution in [3.8, 4) is 0 Å². The molecule has 1 nitrogen and oxygen atoms in total. The molecule has 19 heavy (non-hydrogen) atoms. The van der Waals surface area contributed by atoms with Crippen LogP contribution < -0.4 is 5.32 Å². The van der Waals surface area contributed by atoms with Crippen molar-refractivity contribution in [2.75, 3.05) is 5.32 Å². The van der Waals surface area contributed by atoms with E-state index in [0.29, 0.717) is 6.04 Å². The van der Waals surface area contributed by atoms with Gasteiger partial charge in [0.25, 0.3) is 0 Å². The zero-order valence-corrected chi connectivity index (χ0v) is 12.0. The highest BCUT2D eigenvalue weighted by Crippen LogP contribution is 2.28. The van der Waals surface area contributed by atoms with Gasteiger partial charge in [-0.05, 0) is 54.7 Å². The lowest BCUT2D eigenvalue weighted by atomic mass is 9.94. The Labute approximate surface area is 123 Å². The van der Waals surface area contributed by atoms with Crippen LogP contribution in [0.1, 0.15) is 17.5 Å². The van der Waals surface area contributed by atoms with E-state index in [1.807, 2.05) is 18.2 Å². The van der Waals surface area contributed by atoms with E-state index in [1.165, 1.54) is 11.3 Å². The second-order valence-electron chi connectivity index (χ2n) is 4.98. The van der Waals surface area contributed by atoms with Gasteiger partial charge in [-0.2, -0.15) is 0 Å². The van der Waals surface area contributed by atoms with Crippen LogP contribution in [0.2, 0.25) is 10.0 Å². The second-order valence-corrected chi connectivity index (χ2v) is 5.82. The van der Waals surface area contributed by atoms with Crippen LogP contribution >= 0.6 is 23.2 Å². The minimum atomic E-state index is 0.422. The summed E-state index contributed by atoms with van der Waals surface area (Å²) in [4.78, 5) is 0. The van der Waals surface area contributed by atoms with Gasteiger partial charge in [0.15, 0.2) is 0 Å². The van der Waals surface area contributed by atoms with Gasteiger partial charge in [-0.25, -0.2) is 0 Å². The Hall–Kier alpha value is -1.18. The van der Waals surface area contributed by atoms with Gasteiger partial charge >= 0.3 is 0 Å². The Balaban J connectivity index is 1.77. The van der Waals surface area contributed by atoms with Crippen molar-refractivity contribution >= 4 is 28.9 Å². The van der Waals surface area contributed by atoms with Crippen LogP contribution in [-0.2, 0) is 12.8 Å². The molecule has 1 atom stereocenters. The zero-order chi connectivity index (χ0) is 13.2. The SMILES string of the molecule is Clc1ccc(Cl)c(CC2CCc3ccccc3N2)c1. The molecule has 0 aromatic heterocycles. The number of halogens is 2. The number of anilines is 1. The highest BCUT2D eigenvalue weighted by atomic mass is 35.5. The summed E-state index contributed by atoms with van der Waals surface area (Å²) >= 11 is 12.3. The van der Waals surface area contributed by atoms with Gasteiger partial charge in [-0.15, -0.1) is 0 Å². The van der Waals surface area contributed by atoms with E-state index < -0.39 is 0 Å². The van der Waals surface area contributed by atoms with Crippen LogP contribution in [-0.4, -0.2) is 6.04 Å². The summed E-state index contributed by atoms with van der Waals surface area (Å²) in [6.07, 6.45) is 3.15. The molecule has 98 valence electrons. The first-order chi connectivity index (χ1) is 9.22. The number of nitrogens with one attached hydrogen (secondary N) is 1. The molecule has 0 radical (unpaired) electrons. The first kappa shape index (κ1) is 12.8. The van der Waals surface area contributed by atoms with E-state index in [2.05, 4.69) is 29.6 Å². The number of benzene rings is 2. The summed E-state index contributed by atoms with van der Waals surface area (Å²) in [5, 5.41) is 5.13. The van der Waals surface area contributed by atoms with E-state index in [4.69, 9.17) is 23.2 Å². The Morgan fingerprint density at radius 3 is 2.84 bits per heavy atom. The number of hydrogen-bond acceptors (Lipinski definition) is 1. The highest BCUT2D eigenvalue weighted by molar-refractivity contribution is 6.33. The maximum absolute atomic E-state index is 6.23. The topological polar surface area (TPSA) is 12.0 Å². The van der Waals surface area contributed by atoms with E-state index in [1.54, 1.807) is 0 Å². The number of aryl methyl sites for hydroxylation is 1. The minimum Gasteiger partial charge on any atom is -0.382 e. The third-order valence-electron chi connectivity index (χ3n) is 3.61.